The fraction of sp³-hybridized carbons (Fsp3) is 0.375. The van der Waals surface area contributed by atoms with E-state index in [1.165, 1.54) is 17.2 Å². The Morgan fingerprint density at radius 2 is 1.68 bits per heavy atom. The van der Waals surface area contributed by atoms with E-state index in [4.69, 9.17) is 0 Å². The molecule has 7 heteroatoms. The fourth-order valence-corrected chi connectivity index (χ4v) is 5.17. The Balaban J connectivity index is 1.49. The van der Waals surface area contributed by atoms with Gasteiger partial charge in [0.05, 0.1) is 11.0 Å². The number of hydrogen-bond donors (Lipinski definition) is 3. The maximum absolute atomic E-state index is 12.6. The molecule has 0 fully saturated rings. The zero-order valence-electron chi connectivity index (χ0n) is 17.9. The lowest BCUT2D eigenvalue weighted by molar-refractivity contribution is 0.0786. The van der Waals surface area contributed by atoms with E-state index in [-0.39, 0.29) is 0 Å². The van der Waals surface area contributed by atoms with Gasteiger partial charge in [0.25, 0.3) is 10.0 Å². The van der Waals surface area contributed by atoms with Crippen molar-refractivity contribution in [2.45, 2.75) is 58.0 Å². The molecule has 2 aromatic carbocycles. The predicted molar refractivity (Wildman–Crippen MR) is 122 cm³/mol. The Bertz CT molecular complexity index is 1130. The van der Waals surface area contributed by atoms with Crippen LogP contribution in [0.2, 0.25) is 0 Å². The highest BCUT2D eigenvalue weighted by Gasteiger charge is 2.25. The molecule has 0 saturated heterocycles. The van der Waals surface area contributed by atoms with Gasteiger partial charge >= 0.3 is 6.03 Å². The van der Waals surface area contributed by atoms with Crippen LogP contribution in [0, 0.1) is 0 Å². The number of fused-ring (bicyclic) bond motifs is 2. The molecule has 2 aromatic rings. The summed E-state index contributed by atoms with van der Waals surface area (Å²) in [6.07, 6.45) is 7.33. The lowest BCUT2D eigenvalue weighted by Crippen LogP contribution is -2.33. The van der Waals surface area contributed by atoms with E-state index in [9.17, 15) is 18.3 Å². The van der Waals surface area contributed by atoms with Crippen LogP contribution in [-0.2, 0) is 41.3 Å². The average Bonchev–Trinajstić information content (AvgIpc) is 3.34. The number of carbonyl (C=O) groups is 1. The van der Waals surface area contributed by atoms with Crippen molar-refractivity contribution in [2.75, 3.05) is 5.32 Å². The summed E-state index contributed by atoms with van der Waals surface area (Å²) in [5.74, 6) is 0. The van der Waals surface area contributed by atoms with Gasteiger partial charge < -0.3 is 10.4 Å². The Labute approximate surface area is 183 Å². The van der Waals surface area contributed by atoms with Gasteiger partial charge in [-0.3, -0.25) is 0 Å². The number of anilines is 1. The van der Waals surface area contributed by atoms with Gasteiger partial charge in [0, 0.05) is 5.69 Å². The molecule has 0 atom stereocenters. The second kappa shape index (κ2) is 8.13. The third-order valence-electron chi connectivity index (χ3n) is 5.98. The third-order valence-corrected chi connectivity index (χ3v) is 6.94. The van der Waals surface area contributed by atoms with Crippen LogP contribution >= 0.6 is 0 Å². The van der Waals surface area contributed by atoms with Crippen LogP contribution in [0.4, 0.5) is 10.5 Å². The first-order chi connectivity index (χ1) is 14.6. The number of urea groups is 1. The lowest BCUT2D eigenvalue weighted by atomic mass is 9.97. The van der Waals surface area contributed by atoms with Gasteiger partial charge in [-0.2, -0.15) is 0 Å². The smallest absolute Gasteiger partial charge is 0.333 e. The van der Waals surface area contributed by atoms with Crippen LogP contribution < -0.4 is 10.0 Å². The molecule has 2 aliphatic carbocycles. The number of amides is 2. The number of aryl methyl sites for hydroxylation is 2. The molecule has 0 radical (unpaired) electrons. The normalized spacial score (nSPS) is 15.7. The van der Waals surface area contributed by atoms with Crippen LogP contribution in [0.25, 0.3) is 6.08 Å². The minimum Gasteiger partial charge on any atom is -0.386 e. The number of aliphatic hydroxyl groups is 1. The van der Waals surface area contributed by atoms with Crippen LogP contribution in [0.5, 0.6) is 0 Å². The SMILES string of the molecule is CC(C)(O)c1cccc(/C=C/S(=O)(=O)NC(=O)Nc2c3c(cc4c2CCC4)CCC3)c1. The largest absolute Gasteiger partial charge is 0.386 e. The van der Waals surface area contributed by atoms with E-state index in [2.05, 4.69) is 16.1 Å². The van der Waals surface area contributed by atoms with E-state index in [0.29, 0.717) is 11.1 Å². The van der Waals surface area contributed by atoms with Gasteiger partial charge in [0.2, 0.25) is 0 Å². The number of carbonyl (C=O) groups excluding carboxylic acids is 1. The summed E-state index contributed by atoms with van der Waals surface area (Å²) < 4.78 is 27.0. The van der Waals surface area contributed by atoms with Crippen molar-refractivity contribution in [3.8, 4) is 0 Å². The van der Waals surface area contributed by atoms with Crippen LogP contribution in [0.3, 0.4) is 0 Å². The number of hydrogen-bond acceptors (Lipinski definition) is 4. The second-order valence-electron chi connectivity index (χ2n) is 8.82. The highest BCUT2D eigenvalue weighted by Crippen LogP contribution is 2.38. The molecule has 31 heavy (non-hydrogen) atoms. The minimum absolute atomic E-state index is 0.615. The van der Waals surface area contributed by atoms with E-state index in [1.807, 2.05) is 0 Å². The van der Waals surface area contributed by atoms with Crippen molar-refractivity contribution < 1.29 is 18.3 Å². The van der Waals surface area contributed by atoms with E-state index >= 15 is 0 Å². The Kier molecular flexibility index (Phi) is 5.66. The quantitative estimate of drug-likeness (QED) is 0.655. The molecule has 164 valence electrons. The second-order valence-corrected chi connectivity index (χ2v) is 10.4. The zero-order chi connectivity index (χ0) is 22.2. The molecule has 2 aliphatic rings. The van der Waals surface area contributed by atoms with Crippen molar-refractivity contribution >= 4 is 27.8 Å². The van der Waals surface area contributed by atoms with Crippen molar-refractivity contribution in [1.29, 1.82) is 0 Å². The van der Waals surface area contributed by atoms with Crippen molar-refractivity contribution in [1.82, 2.24) is 4.72 Å². The Hall–Kier alpha value is -2.64. The summed E-state index contributed by atoms with van der Waals surface area (Å²) in [7, 11) is -3.98. The zero-order valence-corrected chi connectivity index (χ0v) is 18.7. The first kappa shape index (κ1) is 21.6. The standard InChI is InChI=1S/C24H28N2O4S/c1-24(2,28)19-9-3-6-16(14-19)12-13-31(29,30)26-23(27)25-22-20-10-4-7-17(20)15-18-8-5-11-21(18)22/h3,6,9,12-15,28H,4-5,7-8,10-11H2,1-2H3,(H2,25,26,27)/b13-12+. The van der Waals surface area contributed by atoms with E-state index in [1.54, 1.807) is 38.1 Å². The average molecular weight is 441 g/mol. The fourth-order valence-electron chi connectivity index (χ4n) is 4.46. The van der Waals surface area contributed by atoms with Crippen molar-refractivity contribution in [3.05, 3.63) is 69.1 Å². The Morgan fingerprint density at radius 3 is 2.29 bits per heavy atom. The molecule has 2 amide bonds. The van der Waals surface area contributed by atoms with Gasteiger partial charge in [0.15, 0.2) is 0 Å². The maximum Gasteiger partial charge on any atom is 0.333 e. The first-order valence-corrected chi connectivity index (χ1v) is 12.2. The lowest BCUT2D eigenvalue weighted by Gasteiger charge is -2.18. The summed E-state index contributed by atoms with van der Waals surface area (Å²) in [6, 6.07) is 8.48. The number of nitrogens with one attached hydrogen (secondary N) is 2. The molecule has 0 unspecified atom stereocenters. The molecular formula is C24H28N2O4S. The summed E-state index contributed by atoms with van der Waals surface area (Å²) >= 11 is 0. The number of sulfonamides is 1. The molecule has 4 rings (SSSR count). The van der Waals surface area contributed by atoms with Crippen LogP contribution in [0.15, 0.2) is 35.7 Å². The van der Waals surface area contributed by atoms with Crippen molar-refractivity contribution in [3.63, 3.8) is 0 Å². The topological polar surface area (TPSA) is 95.5 Å². The Morgan fingerprint density at radius 1 is 1.03 bits per heavy atom. The molecule has 0 aliphatic heterocycles. The molecule has 6 nitrogen and oxygen atoms in total. The van der Waals surface area contributed by atoms with Gasteiger partial charge in [-0.15, -0.1) is 0 Å². The van der Waals surface area contributed by atoms with Gasteiger partial charge in [-0.25, -0.2) is 17.9 Å². The molecule has 0 bridgehead atoms. The highest BCUT2D eigenvalue weighted by atomic mass is 32.2. The summed E-state index contributed by atoms with van der Waals surface area (Å²) in [5, 5.41) is 13.9. The minimum atomic E-state index is -3.98. The monoisotopic (exact) mass is 440 g/mol. The molecule has 0 heterocycles. The predicted octanol–water partition coefficient (Wildman–Crippen LogP) is 4.01. The summed E-state index contributed by atoms with van der Waals surface area (Å²) in [5.41, 5.74) is 5.89. The molecule has 0 spiro atoms. The maximum atomic E-state index is 12.6. The first-order valence-electron chi connectivity index (χ1n) is 10.6. The highest BCUT2D eigenvalue weighted by molar-refractivity contribution is 7.93. The van der Waals surface area contributed by atoms with E-state index in [0.717, 1.165) is 60.7 Å². The van der Waals surface area contributed by atoms with Crippen molar-refractivity contribution in [2.24, 2.45) is 0 Å². The van der Waals surface area contributed by atoms with E-state index < -0.39 is 21.7 Å². The third kappa shape index (κ3) is 4.83. The van der Waals surface area contributed by atoms with Gasteiger partial charge in [-0.1, -0.05) is 24.3 Å². The number of rotatable bonds is 5. The number of benzene rings is 2. The summed E-state index contributed by atoms with van der Waals surface area (Å²) in [6.45, 7) is 3.32. The molecular weight excluding hydrogens is 412 g/mol. The van der Waals surface area contributed by atoms with Gasteiger partial charge in [-0.05, 0) is 97.9 Å². The van der Waals surface area contributed by atoms with Crippen LogP contribution in [-0.4, -0.2) is 19.6 Å². The molecule has 3 N–H and O–H groups in total. The molecule has 0 aromatic heterocycles. The molecule has 0 saturated carbocycles. The summed E-state index contributed by atoms with van der Waals surface area (Å²) in [4.78, 5) is 12.6. The van der Waals surface area contributed by atoms with Crippen LogP contribution in [0.1, 0.15) is 60.1 Å². The van der Waals surface area contributed by atoms with Gasteiger partial charge in [0.1, 0.15) is 0 Å².